The summed E-state index contributed by atoms with van der Waals surface area (Å²) >= 11 is 0. The number of carbonyl (C=O) groups is 2. The van der Waals surface area contributed by atoms with E-state index in [0.717, 1.165) is 10.9 Å². The molecule has 0 bridgehead atoms. The van der Waals surface area contributed by atoms with Crippen molar-refractivity contribution in [1.82, 2.24) is 9.88 Å². The van der Waals surface area contributed by atoms with E-state index in [1.165, 1.54) is 0 Å². The Bertz CT molecular complexity index is 686. The zero-order valence-electron chi connectivity index (χ0n) is 13.7. The maximum atomic E-state index is 12.1. The van der Waals surface area contributed by atoms with E-state index in [1.807, 2.05) is 54.9 Å². The minimum atomic E-state index is -0.865. The van der Waals surface area contributed by atoms with Crippen LogP contribution in [0.3, 0.4) is 0 Å². The van der Waals surface area contributed by atoms with Gasteiger partial charge in [-0.2, -0.15) is 0 Å². The van der Waals surface area contributed by atoms with E-state index in [0.29, 0.717) is 25.8 Å². The number of fused-ring (bicyclic) bond motifs is 1. The van der Waals surface area contributed by atoms with Crippen LogP contribution >= 0.6 is 0 Å². The Labute approximate surface area is 136 Å². The number of hydrogen-bond acceptors (Lipinski definition) is 2. The maximum absolute atomic E-state index is 12.1. The van der Waals surface area contributed by atoms with Gasteiger partial charge in [0.05, 0.1) is 5.41 Å². The third-order valence-electron chi connectivity index (χ3n) is 4.69. The van der Waals surface area contributed by atoms with Gasteiger partial charge in [0, 0.05) is 31.2 Å². The number of para-hydroxylation sites is 1. The molecule has 5 heteroatoms. The molecule has 5 nitrogen and oxygen atoms in total. The van der Waals surface area contributed by atoms with Gasteiger partial charge in [0.25, 0.3) is 0 Å². The summed E-state index contributed by atoms with van der Waals surface area (Å²) in [5.74, 6) is -0.963. The van der Waals surface area contributed by atoms with Crippen molar-refractivity contribution in [3.63, 3.8) is 0 Å². The van der Waals surface area contributed by atoms with Gasteiger partial charge in [-0.1, -0.05) is 32.0 Å². The summed E-state index contributed by atoms with van der Waals surface area (Å²) in [5.41, 5.74) is 0.234. The highest BCUT2D eigenvalue weighted by Gasteiger charge is 2.34. The average molecular weight is 316 g/mol. The first-order chi connectivity index (χ1) is 11.0. The SMILES string of the molecule is CCC(CC)(CNC(=O)CCn1ccc2ccccc21)C(=O)O. The van der Waals surface area contributed by atoms with Crippen molar-refractivity contribution in [3.8, 4) is 0 Å². The second kappa shape index (κ2) is 7.31. The predicted octanol–water partition coefficient (Wildman–Crippen LogP) is 3.04. The van der Waals surface area contributed by atoms with E-state index < -0.39 is 11.4 Å². The lowest BCUT2D eigenvalue weighted by atomic mass is 9.82. The molecule has 2 N–H and O–H groups in total. The predicted molar refractivity (Wildman–Crippen MR) is 90.2 cm³/mol. The number of carboxylic acids is 1. The van der Waals surface area contributed by atoms with Crippen LogP contribution in [0.15, 0.2) is 36.5 Å². The van der Waals surface area contributed by atoms with Crippen molar-refractivity contribution in [2.45, 2.75) is 39.7 Å². The molecule has 0 saturated carbocycles. The molecular weight excluding hydrogens is 292 g/mol. The second-order valence-corrected chi connectivity index (χ2v) is 5.89. The van der Waals surface area contributed by atoms with Crippen LogP contribution < -0.4 is 5.32 Å². The highest BCUT2D eigenvalue weighted by molar-refractivity contribution is 5.81. The van der Waals surface area contributed by atoms with Crippen LogP contribution in [0.2, 0.25) is 0 Å². The molecule has 124 valence electrons. The van der Waals surface area contributed by atoms with Gasteiger partial charge in [0.1, 0.15) is 0 Å². The molecule has 0 aliphatic carbocycles. The van der Waals surface area contributed by atoms with Gasteiger partial charge in [-0.15, -0.1) is 0 Å². The van der Waals surface area contributed by atoms with Crippen LogP contribution in [-0.4, -0.2) is 28.1 Å². The van der Waals surface area contributed by atoms with E-state index in [4.69, 9.17) is 0 Å². The van der Waals surface area contributed by atoms with E-state index >= 15 is 0 Å². The first-order valence-electron chi connectivity index (χ1n) is 8.06. The van der Waals surface area contributed by atoms with Crippen LogP contribution in [0.25, 0.3) is 10.9 Å². The number of aryl methyl sites for hydroxylation is 1. The lowest BCUT2D eigenvalue weighted by Gasteiger charge is -2.26. The third kappa shape index (κ3) is 3.73. The molecule has 1 aromatic carbocycles. The lowest BCUT2D eigenvalue weighted by Crippen LogP contribution is -2.42. The van der Waals surface area contributed by atoms with Crippen LogP contribution in [0.4, 0.5) is 0 Å². The highest BCUT2D eigenvalue weighted by atomic mass is 16.4. The Morgan fingerprint density at radius 3 is 2.52 bits per heavy atom. The number of rotatable bonds is 8. The largest absolute Gasteiger partial charge is 0.481 e. The summed E-state index contributed by atoms with van der Waals surface area (Å²) in [5, 5.41) is 13.3. The molecule has 0 atom stereocenters. The fraction of sp³-hybridized carbons (Fsp3) is 0.444. The van der Waals surface area contributed by atoms with Crippen molar-refractivity contribution < 1.29 is 14.7 Å². The summed E-state index contributed by atoms with van der Waals surface area (Å²) in [6, 6.07) is 10.0. The normalized spacial score (nSPS) is 11.6. The van der Waals surface area contributed by atoms with Gasteiger partial charge in [0.2, 0.25) is 5.91 Å². The van der Waals surface area contributed by atoms with Crippen LogP contribution in [0, 0.1) is 5.41 Å². The molecule has 23 heavy (non-hydrogen) atoms. The number of hydrogen-bond donors (Lipinski definition) is 2. The van der Waals surface area contributed by atoms with E-state index in [2.05, 4.69) is 5.32 Å². The Morgan fingerprint density at radius 2 is 1.87 bits per heavy atom. The minimum absolute atomic E-state index is 0.115. The zero-order chi connectivity index (χ0) is 16.9. The molecule has 0 radical (unpaired) electrons. The summed E-state index contributed by atoms with van der Waals surface area (Å²) in [6.07, 6.45) is 3.31. The summed E-state index contributed by atoms with van der Waals surface area (Å²) < 4.78 is 2.04. The smallest absolute Gasteiger partial charge is 0.311 e. The van der Waals surface area contributed by atoms with Gasteiger partial charge < -0.3 is 15.0 Å². The Balaban J connectivity index is 1.91. The van der Waals surface area contributed by atoms with Gasteiger partial charge in [-0.25, -0.2) is 0 Å². The van der Waals surface area contributed by atoms with Crippen molar-refractivity contribution in [3.05, 3.63) is 36.5 Å². The molecule has 0 unspecified atom stereocenters. The first kappa shape index (κ1) is 17.1. The summed E-state index contributed by atoms with van der Waals surface area (Å²) in [7, 11) is 0. The number of aliphatic carboxylic acids is 1. The molecular formula is C18H24N2O3. The van der Waals surface area contributed by atoms with Crippen molar-refractivity contribution in [2.24, 2.45) is 5.41 Å². The molecule has 1 aromatic heterocycles. The summed E-state index contributed by atoms with van der Waals surface area (Å²) in [4.78, 5) is 23.5. The van der Waals surface area contributed by atoms with E-state index in [1.54, 1.807) is 0 Å². The zero-order valence-corrected chi connectivity index (χ0v) is 13.7. The molecule has 1 heterocycles. The van der Waals surface area contributed by atoms with E-state index in [-0.39, 0.29) is 12.5 Å². The molecule has 0 fully saturated rings. The quantitative estimate of drug-likeness (QED) is 0.786. The Morgan fingerprint density at radius 1 is 1.17 bits per heavy atom. The number of carbonyl (C=O) groups excluding carboxylic acids is 1. The number of carboxylic acid groups (broad SMARTS) is 1. The Kier molecular flexibility index (Phi) is 5.42. The molecule has 2 rings (SSSR count). The topological polar surface area (TPSA) is 71.3 Å². The standard InChI is InChI=1S/C18H24N2O3/c1-3-18(4-2,17(22)23)13-19-16(21)10-12-20-11-9-14-7-5-6-8-15(14)20/h5-9,11H,3-4,10,12-13H2,1-2H3,(H,19,21)(H,22,23). The number of nitrogens with one attached hydrogen (secondary N) is 1. The maximum Gasteiger partial charge on any atom is 0.311 e. The lowest BCUT2D eigenvalue weighted by molar-refractivity contribution is -0.149. The second-order valence-electron chi connectivity index (χ2n) is 5.89. The van der Waals surface area contributed by atoms with Gasteiger partial charge in [0.15, 0.2) is 0 Å². The van der Waals surface area contributed by atoms with Gasteiger partial charge in [-0.3, -0.25) is 9.59 Å². The highest BCUT2D eigenvalue weighted by Crippen LogP contribution is 2.25. The van der Waals surface area contributed by atoms with Gasteiger partial charge >= 0.3 is 5.97 Å². The fourth-order valence-electron chi connectivity index (χ4n) is 2.79. The number of amides is 1. The van der Waals surface area contributed by atoms with Crippen LogP contribution in [0.5, 0.6) is 0 Å². The average Bonchev–Trinajstić information content (AvgIpc) is 2.97. The van der Waals surface area contributed by atoms with Crippen molar-refractivity contribution >= 4 is 22.8 Å². The molecule has 0 aliphatic rings. The number of benzene rings is 1. The third-order valence-corrected chi connectivity index (χ3v) is 4.69. The van der Waals surface area contributed by atoms with Crippen molar-refractivity contribution in [2.75, 3.05) is 6.54 Å². The molecule has 0 saturated heterocycles. The summed E-state index contributed by atoms with van der Waals surface area (Å²) in [6.45, 7) is 4.45. The Hall–Kier alpha value is -2.30. The number of nitrogens with zero attached hydrogens (tertiary/aromatic N) is 1. The molecule has 2 aromatic rings. The molecule has 1 amide bonds. The molecule has 0 aliphatic heterocycles. The fourth-order valence-corrected chi connectivity index (χ4v) is 2.79. The van der Waals surface area contributed by atoms with Crippen LogP contribution in [0.1, 0.15) is 33.1 Å². The van der Waals surface area contributed by atoms with Gasteiger partial charge in [-0.05, 0) is 30.4 Å². The number of aromatic nitrogens is 1. The molecule has 0 spiro atoms. The van der Waals surface area contributed by atoms with E-state index in [9.17, 15) is 14.7 Å². The monoisotopic (exact) mass is 316 g/mol. The first-order valence-corrected chi connectivity index (χ1v) is 8.06. The van der Waals surface area contributed by atoms with Crippen molar-refractivity contribution in [1.29, 1.82) is 0 Å². The minimum Gasteiger partial charge on any atom is -0.481 e. The van der Waals surface area contributed by atoms with Crippen LogP contribution in [-0.2, 0) is 16.1 Å².